The minimum Gasteiger partial charge on any atom is -0.490 e. The van der Waals surface area contributed by atoms with Crippen molar-refractivity contribution in [1.29, 1.82) is 0 Å². The summed E-state index contributed by atoms with van der Waals surface area (Å²) < 4.78 is 5.83. The van der Waals surface area contributed by atoms with Gasteiger partial charge in [0.15, 0.2) is 0 Å². The monoisotopic (exact) mass is 448 g/mol. The van der Waals surface area contributed by atoms with Crippen molar-refractivity contribution in [3.63, 3.8) is 0 Å². The maximum absolute atomic E-state index is 12.2. The van der Waals surface area contributed by atoms with E-state index in [4.69, 9.17) is 9.57 Å². The van der Waals surface area contributed by atoms with Crippen molar-refractivity contribution in [2.45, 2.75) is 57.8 Å². The minimum atomic E-state index is -0.772. The molecule has 3 unspecified atom stereocenters. The largest absolute Gasteiger partial charge is 0.490 e. The minimum absolute atomic E-state index is 0.133. The zero-order chi connectivity index (χ0) is 23.1. The second kappa shape index (κ2) is 11.1. The number of aromatic amines is 1. The number of aliphatic hydroxyl groups is 1. The van der Waals surface area contributed by atoms with Crippen LogP contribution in [0.2, 0.25) is 0 Å². The van der Waals surface area contributed by atoms with E-state index in [9.17, 15) is 20.0 Å². The first kappa shape index (κ1) is 23.8. The average Bonchev–Trinajstić information content (AvgIpc) is 3.20. The number of nitrogens with one attached hydrogen (secondary N) is 2. The molecule has 176 valence electrons. The molecule has 3 rings (SSSR count). The quantitative estimate of drug-likeness (QED) is 0.273. The highest BCUT2D eigenvalue weighted by Gasteiger charge is 2.33. The predicted molar refractivity (Wildman–Crippen MR) is 119 cm³/mol. The van der Waals surface area contributed by atoms with E-state index in [2.05, 4.69) is 10.3 Å². The third-order valence-electron chi connectivity index (χ3n) is 5.81. The van der Waals surface area contributed by atoms with Crippen molar-refractivity contribution in [3.8, 4) is 5.75 Å². The number of aryl methyl sites for hydroxylation is 1. The van der Waals surface area contributed by atoms with Crippen LogP contribution in [-0.4, -0.2) is 70.5 Å². The number of fused-ring (bicyclic) bond motifs is 1. The molecule has 0 aliphatic heterocycles. The number of carbonyl (C=O) groups is 1. The Bertz CT molecular complexity index is 917. The van der Waals surface area contributed by atoms with Crippen LogP contribution in [0.15, 0.2) is 24.4 Å². The smallest absolute Gasteiger partial charge is 0.294 e. The summed E-state index contributed by atoms with van der Waals surface area (Å²) in [6, 6.07) is 5.60. The van der Waals surface area contributed by atoms with Gasteiger partial charge in [-0.05, 0) is 43.5 Å². The van der Waals surface area contributed by atoms with E-state index in [0.717, 1.165) is 35.1 Å². The lowest BCUT2D eigenvalue weighted by molar-refractivity contribution is -0.770. The van der Waals surface area contributed by atoms with Gasteiger partial charge in [-0.25, -0.2) is 0 Å². The molecule has 0 radical (unpaired) electrons. The van der Waals surface area contributed by atoms with Crippen LogP contribution in [0.4, 0.5) is 0 Å². The van der Waals surface area contributed by atoms with Crippen LogP contribution >= 0.6 is 0 Å². The number of rotatable bonds is 11. The fourth-order valence-electron chi connectivity index (χ4n) is 4.33. The molecule has 3 atom stereocenters. The molecule has 1 aliphatic carbocycles. The van der Waals surface area contributed by atoms with E-state index in [0.29, 0.717) is 32.5 Å². The van der Waals surface area contributed by atoms with Gasteiger partial charge < -0.3 is 29.9 Å². The summed E-state index contributed by atoms with van der Waals surface area (Å²) in [6.45, 7) is 4.71. The van der Waals surface area contributed by atoms with Gasteiger partial charge in [0, 0.05) is 43.7 Å². The van der Waals surface area contributed by atoms with Gasteiger partial charge >= 0.3 is 0 Å². The molecular formula is C22H32N4O6. The third-order valence-corrected chi connectivity index (χ3v) is 5.81. The van der Waals surface area contributed by atoms with Crippen molar-refractivity contribution in [2.75, 3.05) is 26.2 Å². The van der Waals surface area contributed by atoms with E-state index < -0.39 is 17.3 Å². The molecule has 1 heterocycles. The first-order chi connectivity index (χ1) is 15.3. The van der Waals surface area contributed by atoms with E-state index in [1.165, 1.54) is 6.92 Å². The molecule has 1 fully saturated rings. The van der Waals surface area contributed by atoms with Crippen LogP contribution in [0.3, 0.4) is 0 Å². The number of ether oxygens (including phenoxy) is 1. The van der Waals surface area contributed by atoms with Crippen molar-refractivity contribution < 1.29 is 24.6 Å². The number of benzene rings is 1. The average molecular weight is 449 g/mol. The molecule has 10 nitrogen and oxygen atoms in total. The lowest BCUT2D eigenvalue weighted by atomic mass is 9.91. The Balaban J connectivity index is 1.45. The molecule has 0 bridgehead atoms. The normalized spacial score (nSPS) is 19.5. The van der Waals surface area contributed by atoms with Crippen LogP contribution in [0.5, 0.6) is 5.75 Å². The van der Waals surface area contributed by atoms with Crippen LogP contribution in [0.1, 0.15) is 38.2 Å². The number of nitrogens with zero attached hydrogens (tertiary/aromatic N) is 2. The van der Waals surface area contributed by atoms with Gasteiger partial charge in [0.05, 0.1) is 6.04 Å². The Morgan fingerprint density at radius 3 is 2.94 bits per heavy atom. The highest BCUT2D eigenvalue weighted by Crippen LogP contribution is 2.27. The van der Waals surface area contributed by atoms with E-state index in [1.807, 2.05) is 31.3 Å². The third kappa shape index (κ3) is 6.33. The number of H-pyrrole nitrogens is 1. The standard InChI is InChI=1S/C22H32N4O6/c1-15-11-19-18(7-8-24-19)22(12-15)31-14-17(28)13-23-9-10-25(16(2)27)20-5-3-4-6-21(20)32-26(29)30/h7-8,11-12,17,20-21,23-24,28H,3-6,9-10,13-14H2,1-2H3. The molecule has 1 aromatic heterocycles. The van der Waals surface area contributed by atoms with Crippen LogP contribution in [0.25, 0.3) is 10.9 Å². The predicted octanol–water partition coefficient (Wildman–Crippen LogP) is 2.17. The van der Waals surface area contributed by atoms with Crippen LogP contribution in [-0.2, 0) is 9.63 Å². The molecular weight excluding hydrogens is 416 g/mol. The van der Waals surface area contributed by atoms with Crippen molar-refractivity contribution >= 4 is 16.8 Å². The summed E-state index contributed by atoms with van der Waals surface area (Å²) in [5.41, 5.74) is 2.05. The van der Waals surface area contributed by atoms with Gasteiger partial charge in [-0.15, -0.1) is 10.1 Å². The van der Waals surface area contributed by atoms with Gasteiger partial charge in [0.2, 0.25) is 5.91 Å². The zero-order valence-electron chi connectivity index (χ0n) is 18.6. The first-order valence-corrected chi connectivity index (χ1v) is 11.0. The van der Waals surface area contributed by atoms with Gasteiger partial charge in [0.25, 0.3) is 5.09 Å². The van der Waals surface area contributed by atoms with Gasteiger partial charge in [0.1, 0.15) is 24.6 Å². The molecule has 32 heavy (non-hydrogen) atoms. The van der Waals surface area contributed by atoms with Crippen LogP contribution in [0, 0.1) is 17.0 Å². The number of hydrogen-bond donors (Lipinski definition) is 3. The number of carbonyl (C=O) groups excluding carboxylic acids is 1. The molecule has 0 saturated heterocycles. The van der Waals surface area contributed by atoms with E-state index in [1.54, 1.807) is 4.90 Å². The summed E-state index contributed by atoms with van der Waals surface area (Å²) in [5.74, 6) is 0.576. The Hall–Kier alpha value is -2.85. The Morgan fingerprint density at radius 1 is 1.41 bits per heavy atom. The Labute approximate surface area is 187 Å². The summed E-state index contributed by atoms with van der Waals surface area (Å²) >= 11 is 0. The van der Waals surface area contributed by atoms with E-state index >= 15 is 0 Å². The fourth-order valence-corrected chi connectivity index (χ4v) is 4.33. The maximum Gasteiger partial charge on any atom is 0.294 e. The zero-order valence-corrected chi connectivity index (χ0v) is 18.6. The summed E-state index contributed by atoms with van der Waals surface area (Å²) in [4.78, 5) is 32.6. The lowest BCUT2D eigenvalue weighted by Crippen LogP contribution is -2.51. The maximum atomic E-state index is 12.2. The van der Waals surface area contributed by atoms with Crippen LogP contribution < -0.4 is 10.1 Å². The second-order valence-electron chi connectivity index (χ2n) is 8.30. The molecule has 1 amide bonds. The van der Waals surface area contributed by atoms with Gasteiger partial charge in [-0.1, -0.05) is 12.8 Å². The molecule has 1 saturated carbocycles. The van der Waals surface area contributed by atoms with Crippen molar-refractivity contribution in [2.24, 2.45) is 0 Å². The molecule has 0 spiro atoms. The second-order valence-corrected chi connectivity index (χ2v) is 8.30. The van der Waals surface area contributed by atoms with Gasteiger partial charge in [-0.2, -0.15) is 0 Å². The Morgan fingerprint density at radius 2 is 2.19 bits per heavy atom. The molecule has 1 aliphatic rings. The number of aliphatic hydroxyl groups excluding tert-OH is 1. The highest BCUT2D eigenvalue weighted by atomic mass is 17.0. The SMILES string of the molecule is CC(=O)N(CCNCC(O)COc1cc(C)cc2[nH]ccc12)C1CCCCC1O[N+](=O)[O-]. The lowest BCUT2D eigenvalue weighted by Gasteiger charge is -2.38. The summed E-state index contributed by atoms with van der Waals surface area (Å²) in [7, 11) is 0. The molecule has 1 aromatic carbocycles. The van der Waals surface area contributed by atoms with Crippen molar-refractivity contribution in [1.82, 2.24) is 15.2 Å². The number of aromatic nitrogens is 1. The molecule has 10 heteroatoms. The Kier molecular flexibility index (Phi) is 8.29. The van der Waals surface area contributed by atoms with Crippen molar-refractivity contribution in [3.05, 3.63) is 40.1 Å². The first-order valence-electron chi connectivity index (χ1n) is 11.0. The number of hydrogen-bond acceptors (Lipinski definition) is 7. The van der Waals surface area contributed by atoms with E-state index in [-0.39, 0.29) is 18.6 Å². The summed E-state index contributed by atoms with van der Waals surface area (Å²) in [6.07, 6.45) is 3.52. The van der Waals surface area contributed by atoms with Gasteiger partial charge in [-0.3, -0.25) is 4.79 Å². The topological polar surface area (TPSA) is 130 Å². The molecule has 2 aromatic rings. The summed E-state index contributed by atoms with van der Waals surface area (Å²) in [5, 5.41) is 24.4. The number of amides is 1. The highest BCUT2D eigenvalue weighted by molar-refractivity contribution is 5.86. The fraction of sp³-hybridized carbons (Fsp3) is 0.591. The molecule has 3 N–H and O–H groups in total.